The van der Waals surface area contributed by atoms with E-state index in [-0.39, 0.29) is 5.78 Å². The Morgan fingerprint density at radius 1 is 0.909 bits per heavy atom. The highest BCUT2D eigenvalue weighted by Gasteiger charge is 2.38. The molecule has 33 heavy (non-hydrogen) atoms. The molecule has 2 aliphatic rings. The van der Waals surface area contributed by atoms with Gasteiger partial charge in [-0.2, -0.15) is 0 Å². The van der Waals surface area contributed by atoms with Crippen LogP contribution in [0.25, 0.3) is 0 Å². The molecule has 0 bridgehead atoms. The van der Waals surface area contributed by atoms with Crippen molar-refractivity contribution in [2.24, 2.45) is 5.73 Å². The standard InChI is InChI=1S/C27H38N4OS/c28-23-16-8-7-15-22(23)25(26(32)24(29)18-21-14-9-17-33-21)27(30-19-10-3-1-4-11-19)31-20-12-5-2-6-13-20/h7-9,14-17,19-20,24,30-31H,1-6,10-13,18,28-29H2. The van der Waals surface area contributed by atoms with Gasteiger partial charge >= 0.3 is 0 Å². The topological polar surface area (TPSA) is 93.2 Å². The first kappa shape index (κ1) is 24.4. The molecule has 1 heterocycles. The Morgan fingerprint density at radius 2 is 1.52 bits per heavy atom. The third-order valence-electron chi connectivity index (χ3n) is 6.97. The number of Topliss-reactive ketones (excluding diaryl/α,β-unsaturated/α-hetero) is 1. The minimum Gasteiger partial charge on any atom is -0.398 e. The normalized spacial score (nSPS) is 19.2. The van der Waals surface area contributed by atoms with Crippen LogP contribution < -0.4 is 22.1 Å². The number of carbonyl (C=O) groups is 1. The SMILES string of the molecule is Nc1ccccc1[C]([C](NC1CCCCC1)NC1CCCCC1)C(=O)C(N)Cc1cccs1. The van der Waals surface area contributed by atoms with Gasteiger partial charge in [0.05, 0.1) is 6.04 Å². The van der Waals surface area contributed by atoms with E-state index < -0.39 is 6.04 Å². The Balaban J connectivity index is 1.63. The van der Waals surface area contributed by atoms with E-state index in [2.05, 4.69) is 10.6 Å². The number of nitrogens with one attached hydrogen (secondary N) is 2. The average Bonchev–Trinajstić information content (AvgIpc) is 3.35. The van der Waals surface area contributed by atoms with Crippen LogP contribution in [0, 0.1) is 12.1 Å². The van der Waals surface area contributed by atoms with Crippen molar-refractivity contribution in [2.75, 3.05) is 5.73 Å². The Bertz CT molecular complexity index is 839. The van der Waals surface area contributed by atoms with Gasteiger partial charge in [0, 0.05) is 29.1 Å². The fourth-order valence-electron chi connectivity index (χ4n) is 5.13. The molecule has 1 aromatic carbocycles. The molecule has 1 unspecified atom stereocenters. The van der Waals surface area contributed by atoms with Crippen LogP contribution in [-0.2, 0) is 11.2 Å². The molecule has 6 heteroatoms. The van der Waals surface area contributed by atoms with E-state index in [1.54, 1.807) is 11.3 Å². The predicted molar refractivity (Wildman–Crippen MR) is 137 cm³/mol. The second-order valence-electron chi connectivity index (χ2n) is 9.55. The molecule has 0 spiro atoms. The molecule has 0 aliphatic heterocycles. The maximum Gasteiger partial charge on any atom is 0.165 e. The van der Waals surface area contributed by atoms with Gasteiger partial charge in [-0.3, -0.25) is 15.4 Å². The van der Waals surface area contributed by atoms with Crippen molar-refractivity contribution in [2.45, 2.75) is 88.8 Å². The van der Waals surface area contributed by atoms with Crippen molar-refractivity contribution in [3.8, 4) is 0 Å². The quantitative estimate of drug-likeness (QED) is 0.380. The van der Waals surface area contributed by atoms with Crippen LogP contribution in [0.1, 0.15) is 74.6 Å². The third-order valence-corrected chi connectivity index (χ3v) is 7.87. The highest BCUT2D eigenvalue weighted by molar-refractivity contribution is 7.09. The van der Waals surface area contributed by atoms with Gasteiger partial charge in [-0.1, -0.05) is 62.8 Å². The van der Waals surface area contributed by atoms with Gasteiger partial charge in [0.15, 0.2) is 5.78 Å². The zero-order valence-electron chi connectivity index (χ0n) is 19.5. The highest BCUT2D eigenvalue weighted by Crippen LogP contribution is 2.33. The summed E-state index contributed by atoms with van der Waals surface area (Å²) < 4.78 is 0. The minimum atomic E-state index is -0.616. The molecule has 1 aromatic heterocycles. The number of ketones is 1. The molecule has 2 saturated carbocycles. The minimum absolute atomic E-state index is 0.0529. The van der Waals surface area contributed by atoms with E-state index in [0.717, 1.165) is 42.3 Å². The molecule has 2 aliphatic carbocycles. The van der Waals surface area contributed by atoms with Crippen molar-refractivity contribution in [3.63, 3.8) is 0 Å². The summed E-state index contributed by atoms with van der Waals surface area (Å²) >= 11 is 1.64. The number of nitrogen functional groups attached to an aromatic ring is 1. The van der Waals surface area contributed by atoms with E-state index in [1.165, 1.54) is 38.5 Å². The lowest BCUT2D eigenvalue weighted by molar-refractivity contribution is -0.118. The van der Waals surface area contributed by atoms with Crippen LogP contribution in [0.2, 0.25) is 0 Å². The molecule has 5 nitrogen and oxygen atoms in total. The molecule has 2 fully saturated rings. The van der Waals surface area contributed by atoms with Gasteiger partial charge in [0.2, 0.25) is 0 Å². The number of thiophene rings is 1. The fourth-order valence-corrected chi connectivity index (χ4v) is 5.89. The van der Waals surface area contributed by atoms with E-state index >= 15 is 0 Å². The second-order valence-corrected chi connectivity index (χ2v) is 10.6. The monoisotopic (exact) mass is 466 g/mol. The van der Waals surface area contributed by atoms with E-state index in [4.69, 9.17) is 11.5 Å². The van der Waals surface area contributed by atoms with E-state index in [0.29, 0.717) is 30.1 Å². The Hall–Kier alpha value is -1.73. The molecule has 2 radical (unpaired) electrons. The number of para-hydroxylation sites is 1. The van der Waals surface area contributed by atoms with E-state index in [9.17, 15) is 4.79 Å². The second kappa shape index (κ2) is 12.1. The largest absolute Gasteiger partial charge is 0.398 e. The van der Waals surface area contributed by atoms with Crippen LogP contribution in [-0.4, -0.2) is 23.9 Å². The number of hydrogen-bond acceptors (Lipinski definition) is 6. The number of rotatable bonds is 10. The summed E-state index contributed by atoms with van der Waals surface area (Å²) in [4.78, 5) is 15.1. The number of nitrogens with two attached hydrogens (primary N) is 2. The first-order valence-corrected chi connectivity index (χ1v) is 13.4. The van der Waals surface area contributed by atoms with Gasteiger partial charge in [0.25, 0.3) is 0 Å². The number of benzene rings is 1. The first-order valence-electron chi connectivity index (χ1n) is 12.6. The lowest BCUT2D eigenvalue weighted by Gasteiger charge is -2.36. The summed E-state index contributed by atoms with van der Waals surface area (Å²) in [6, 6.07) is 11.8. The molecule has 6 N–H and O–H groups in total. The number of anilines is 1. The summed E-state index contributed by atoms with van der Waals surface area (Å²) in [5.41, 5.74) is 14.3. The predicted octanol–water partition coefficient (Wildman–Crippen LogP) is 4.73. The van der Waals surface area contributed by atoms with Gasteiger partial charge in [-0.15, -0.1) is 11.3 Å². The van der Waals surface area contributed by atoms with Gasteiger partial charge < -0.3 is 11.5 Å². The smallest absolute Gasteiger partial charge is 0.165 e. The van der Waals surface area contributed by atoms with E-state index in [1.807, 2.05) is 41.8 Å². The van der Waals surface area contributed by atoms with Crippen LogP contribution in [0.5, 0.6) is 0 Å². The van der Waals surface area contributed by atoms with Crippen molar-refractivity contribution >= 4 is 22.8 Å². The van der Waals surface area contributed by atoms with Crippen molar-refractivity contribution in [1.82, 2.24) is 10.6 Å². The van der Waals surface area contributed by atoms with Crippen molar-refractivity contribution < 1.29 is 4.79 Å². The molecular formula is C27H38N4OS. The average molecular weight is 467 g/mol. The summed E-state index contributed by atoms with van der Waals surface area (Å²) in [5, 5.41) is 9.55. The lowest BCUT2D eigenvalue weighted by Crippen LogP contribution is -2.53. The van der Waals surface area contributed by atoms with Crippen LogP contribution in [0.4, 0.5) is 5.69 Å². The Kier molecular flexibility index (Phi) is 8.96. The molecule has 178 valence electrons. The molecule has 0 amide bonds. The molecule has 0 saturated heterocycles. The zero-order chi connectivity index (χ0) is 23.0. The summed E-state index contributed by atoms with van der Waals surface area (Å²) in [6.07, 6.45) is 13.4. The van der Waals surface area contributed by atoms with Gasteiger partial charge in [-0.25, -0.2) is 0 Å². The summed E-state index contributed by atoms with van der Waals surface area (Å²) in [7, 11) is 0. The zero-order valence-corrected chi connectivity index (χ0v) is 20.3. The highest BCUT2D eigenvalue weighted by atomic mass is 32.1. The van der Waals surface area contributed by atoms with Crippen LogP contribution in [0.3, 0.4) is 0 Å². The Morgan fingerprint density at radius 3 is 2.06 bits per heavy atom. The summed E-state index contributed by atoms with van der Waals surface area (Å²) in [5.74, 6) is 0.566. The van der Waals surface area contributed by atoms with Crippen LogP contribution >= 0.6 is 11.3 Å². The maximum absolute atomic E-state index is 13.9. The Labute approximate surface area is 202 Å². The maximum atomic E-state index is 13.9. The van der Waals surface area contributed by atoms with Crippen molar-refractivity contribution in [3.05, 3.63) is 64.3 Å². The number of hydrogen-bond donors (Lipinski definition) is 4. The first-order chi connectivity index (χ1) is 16.1. The van der Waals surface area contributed by atoms with Crippen molar-refractivity contribution in [1.29, 1.82) is 0 Å². The fraction of sp³-hybridized carbons (Fsp3) is 0.519. The number of carbonyl (C=O) groups excluding carboxylic acids is 1. The molecule has 4 rings (SSSR count). The van der Waals surface area contributed by atoms with Gasteiger partial charge in [0.1, 0.15) is 12.1 Å². The molecule has 2 aromatic rings. The molecular weight excluding hydrogens is 428 g/mol. The lowest BCUT2D eigenvalue weighted by atomic mass is 9.84. The molecule has 1 atom stereocenters. The summed E-state index contributed by atoms with van der Waals surface area (Å²) in [6.45, 7) is 0. The van der Waals surface area contributed by atoms with Crippen LogP contribution in [0.15, 0.2) is 41.8 Å². The van der Waals surface area contributed by atoms with Gasteiger partial charge in [-0.05, 0) is 48.8 Å². The third kappa shape index (κ3) is 6.66.